The van der Waals surface area contributed by atoms with Gasteiger partial charge in [-0.25, -0.2) is 0 Å². The quantitative estimate of drug-likeness (QED) is 0.869. The molecule has 3 heteroatoms. The number of fused-ring (bicyclic) bond motifs is 1. The molecule has 1 heterocycles. The van der Waals surface area contributed by atoms with Crippen LogP contribution in [0.15, 0.2) is 42.5 Å². The van der Waals surface area contributed by atoms with Crippen LogP contribution in [0, 0.1) is 0 Å². The molecule has 0 saturated heterocycles. The van der Waals surface area contributed by atoms with Gasteiger partial charge in [-0.2, -0.15) is 0 Å². The largest absolute Gasteiger partial charge is 0.496 e. The van der Waals surface area contributed by atoms with Gasteiger partial charge in [-0.15, -0.1) is 0 Å². The van der Waals surface area contributed by atoms with Crippen LogP contribution in [0.1, 0.15) is 23.6 Å². The first-order valence-electron chi connectivity index (χ1n) is 7.02. The van der Waals surface area contributed by atoms with E-state index in [2.05, 4.69) is 18.3 Å². The van der Waals surface area contributed by atoms with E-state index in [0.717, 1.165) is 34.5 Å². The van der Waals surface area contributed by atoms with Crippen molar-refractivity contribution >= 4 is 23.2 Å². The van der Waals surface area contributed by atoms with Crippen molar-refractivity contribution in [2.45, 2.75) is 13.3 Å². The van der Waals surface area contributed by atoms with Crippen molar-refractivity contribution < 1.29 is 9.53 Å². The molecule has 2 aromatic carbocycles. The van der Waals surface area contributed by atoms with E-state index in [0.29, 0.717) is 5.57 Å². The number of benzene rings is 2. The first-order valence-corrected chi connectivity index (χ1v) is 7.02. The van der Waals surface area contributed by atoms with Gasteiger partial charge in [-0.1, -0.05) is 31.2 Å². The lowest BCUT2D eigenvalue weighted by atomic mass is 10.0. The van der Waals surface area contributed by atoms with Crippen LogP contribution in [0.25, 0.3) is 11.6 Å². The highest BCUT2D eigenvalue weighted by Gasteiger charge is 2.23. The van der Waals surface area contributed by atoms with Gasteiger partial charge in [0.05, 0.1) is 7.11 Å². The van der Waals surface area contributed by atoms with Crippen molar-refractivity contribution in [3.05, 3.63) is 59.2 Å². The van der Waals surface area contributed by atoms with Crippen molar-refractivity contribution in [2.24, 2.45) is 0 Å². The second kappa shape index (κ2) is 5.44. The number of carbonyl (C=O) groups excluding carboxylic acids is 1. The summed E-state index contributed by atoms with van der Waals surface area (Å²) in [5.41, 5.74) is 4.68. The molecule has 0 atom stereocenters. The molecule has 0 spiro atoms. The number of anilines is 1. The molecular weight excluding hydrogens is 262 g/mol. The van der Waals surface area contributed by atoms with Crippen LogP contribution in [0.2, 0.25) is 0 Å². The zero-order valence-electron chi connectivity index (χ0n) is 12.1. The molecule has 21 heavy (non-hydrogen) atoms. The van der Waals surface area contributed by atoms with E-state index in [1.165, 1.54) is 0 Å². The van der Waals surface area contributed by atoms with E-state index in [1.54, 1.807) is 7.11 Å². The molecule has 0 unspecified atom stereocenters. The lowest BCUT2D eigenvalue weighted by Crippen LogP contribution is -2.03. The average Bonchev–Trinajstić information content (AvgIpc) is 2.83. The second-order valence-electron chi connectivity index (χ2n) is 4.98. The summed E-state index contributed by atoms with van der Waals surface area (Å²) in [5, 5.41) is 2.89. The summed E-state index contributed by atoms with van der Waals surface area (Å²) in [6.45, 7) is 2.09. The van der Waals surface area contributed by atoms with Crippen LogP contribution in [0.4, 0.5) is 5.69 Å². The molecule has 1 N–H and O–H groups in total. The molecule has 1 aliphatic rings. The number of amides is 1. The Morgan fingerprint density at radius 2 is 2.00 bits per heavy atom. The minimum atomic E-state index is -0.0509. The van der Waals surface area contributed by atoms with Crippen LogP contribution in [0.3, 0.4) is 0 Å². The Labute approximate surface area is 124 Å². The van der Waals surface area contributed by atoms with Gasteiger partial charge in [0, 0.05) is 16.8 Å². The summed E-state index contributed by atoms with van der Waals surface area (Å²) >= 11 is 0. The van der Waals surface area contributed by atoms with Crippen LogP contribution in [0.5, 0.6) is 5.75 Å². The van der Waals surface area contributed by atoms with Crippen LogP contribution >= 0.6 is 0 Å². The Kier molecular flexibility index (Phi) is 3.48. The summed E-state index contributed by atoms with van der Waals surface area (Å²) in [5.74, 6) is 0.834. The lowest BCUT2D eigenvalue weighted by molar-refractivity contribution is -0.110. The SMILES string of the molecule is CCc1cc(/C=C2/C(=O)Nc3ccccc32)ccc1OC. The topological polar surface area (TPSA) is 38.3 Å². The zero-order valence-corrected chi connectivity index (χ0v) is 12.1. The highest BCUT2D eigenvalue weighted by atomic mass is 16.5. The molecule has 1 amide bonds. The molecule has 106 valence electrons. The molecule has 0 aromatic heterocycles. The third-order valence-corrected chi connectivity index (χ3v) is 3.71. The Hall–Kier alpha value is -2.55. The van der Waals surface area contributed by atoms with E-state index < -0.39 is 0 Å². The summed E-state index contributed by atoms with van der Waals surface area (Å²) in [6, 6.07) is 13.7. The fraction of sp³-hybridized carbons (Fsp3) is 0.167. The maximum Gasteiger partial charge on any atom is 0.256 e. The standard InChI is InChI=1S/C18H17NO2/c1-3-13-10-12(8-9-17(13)21-2)11-15-14-6-4-5-7-16(14)19-18(15)20/h4-11H,3H2,1-2H3,(H,19,20)/b15-11+. The minimum Gasteiger partial charge on any atom is -0.496 e. The summed E-state index contributed by atoms with van der Waals surface area (Å²) < 4.78 is 5.34. The molecule has 1 aliphatic heterocycles. The fourth-order valence-corrected chi connectivity index (χ4v) is 2.61. The van der Waals surface area contributed by atoms with Gasteiger partial charge in [0.2, 0.25) is 0 Å². The normalized spacial score (nSPS) is 15.0. The smallest absolute Gasteiger partial charge is 0.256 e. The molecule has 3 rings (SSSR count). The molecule has 3 nitrogen and oxygen atoms in total. The van der Waals surface area contributed by atoms with Gasteiger partial charge in [0.1, 0.15) is 5.75 Å². The van der Waals surface area contributed by atoms with Crippen LogP contribution in [-0.4, -0.2) is 13.0 Å². The molecule has 0 saturated carbocycles. The van der Waals surface area contributed by atoms with Crippen LogP contribution < -0.4 is 10.1 Å². The maximum absolute atomic E-state index is 12.1. The van der Waals surface area contributed by atoms with Gasteiger partial charge in [-0.3, -0.25) is 4.79 Å². The van der Waals surface area contributed by atoms with Gasteiger partial charge >= 0.3 is 0 Å². The number of hydrogen-bond acceptors (Lipinski definition) is 2. The van der Waals surface area contributed by atoms with E-state index >= 15 is 0 Å². The number of methoxy groups -OCH3 is 1. The highest BCUT2D eigenvalue weighted by Crippen LogP contribution is 2.33. The minimum absolute atomic E-state index is 0.0509. The Morgan fingerprint density at radius 3 is 2.76 bits per heavy atom. The Balaban J connectivity index is 2.04. The van der Waals surface area contributed by atoms with E-state index in [-0.39, 0.29) is 5.91 Å². The number of aryl methyl sites for hydroxylation is 1. The molecule has 0 radical (unpaired) electrons. The fourth-order valence-electron chi connectivity index (χ4n) is 2.61. The first kappa shape index (κ1) is 13.4. The molecule has 2 aromatic rings. The maximum atomic E-state index is 12.1. The molecule has 0 bridgehead atoms. The third-order valence-electron chi connectivity index (χ3n) is 3.71. The predicted molar refractivity (Wildman–Crippen MR) is 85.3 cm³/mol. The molecular formula is C18H17NO2. The summed E-state index contributed by atoms with van der Waals surface area (Å²) in [6.07, 6.45) is 2.82. The third kappa shape index (κ3) is 2.42. The van der Waals surface area contributed by atoms with Crippen LogP contribution in [-0.2, 0) is 11.2 Å². The Bertz CT molecular complexity index is 732. The number of hydrogen-bond donors (Lipinski definition) is 1. The molecule has 0 fully saturated rings. The van der Waals surface area contributed by atoms with Crippen molar-refractivity contribution in [3.8, 4) is 5.75 Å². The number of ether oxygens (including phenoxy) is 1. The highest BCUT2D eigenvalue weighted by molar-refractivity contribution is 6.34. The number of nitrogens with one attached hydrogen (secondary N) is 1. The van der Waals surface area contributed by atoms with Gasteiger partial charge in [0.25, 0.3) is 5.91 Å². The summed E-state index contributed by atoms with van der Waals surface area (Å²) in [4.78, 5) is 12.1. The van der Waals surface area contributed by atoms with Gasteiger partial charge in [0.15, 0.2) is 0 Å². The monoisotopic (exact) mass is 279 g/mol. The summed E-state index contributed by atoms with van der Waals surface area (Å²) in [7, 11) is 1.67. The van der Waals surface area contributed by atoms with Gasteiger partial charge in [-0.05, 0) is 41.8 Å². The molecule has 0 aliphatic carbocycles. The van der Waals surface area contributed by atoms with Crippen molar-refractivity contribution in [3.63, 3.8) is 0 Å². The van der Waals surface area contributed by atoms with E-state index in [9.17, 15) is 4.79 Å². The first-order chi connectivity index (χ1) is 10.2. The van der Waals surface area contributed by atoms with E-state index in [4.69, 9.17) is 4.74 Å². The second-order valence-corrected chi connectivity index (χ2v) is 4.98. The number of para-hydroxylation sites is 1. The predicted octanol–water partition coefficient (Wildman–Crippen LogP) is 3.75. The van der Waals surface area contributed by atoms with Gasteiger partial charge < -0.3 is 10.1 Å². The van der Waals surface area contributed by atoms with Crippen molar-refractivity contribution in [1.29, 1.82) is 0 Å². The zero-order chi connectivity index (χ0) is 14.8. The van der Waals surface area contributed by atoms with Crippen molar-refractivity contribution in [1.82, 2.24) is 0 Å². The number of rotatable bonds is 3. The number of carbonyl (C=O) groups is 1. The lowest BCUT2D eigenvalue weighted by Gasteiger charge is -2.07. The average molecular weight is 279 g/mol. The Morgan fingerprint density at radius 1 is 1.19 bits per heavy atom. The van der Waals surface area contributed by atoms with E-state index in [1.807, 2.05) is 42.5 Å². The van der Waals surface area contributed by atoms with Crippen molar-refractivity contribution in [2.75, 3.05) is 12.4 Å².